The van der Waals surface area contributed by atoms with Gasteiger partial charge in [-0.05, 0) is 64.2 Å². The predicted molar refractivity (Wildman–Crippen MR) is 114 cm³/mol. The third-order valence-electron chi connectivity index (χ3n) is 6.58. The van der Waals surface area contributed by atoms with E-state index in [-0.39, 0.29) is 23.2 Å². The molecule has 2 aliphatic rings. The molecule has 2 saturated heterocycles. The number of ether oxygens (including phenoxy) is 1. The summed E-state index contributed by atoms with van der Waals surface area (Å²) in [5.74, 6) is 2.48. The lowest BCUT2D eigenvalue weighted by Gasteiger charge is -2.40. The Morgan fingerprint density at radius 3 is 2.53 bits per heavy atom. The van der Waals surface area contributed by atoms with Crippen LogP contribution in [0.3, 0.4) is 0 Å². The molecule has 1 atom stereocenters. The SMILES string of the molecule is CCOc1ccc(C(=O)N2CC(c3nnc(C(C)C)o3)C3(CCN(C)CC3)C2)cc1. The van der Waals surface area contributed by atoms with Gasteiger partial charge in [-0.3, -0.25) is 4.79 Å². The highest BCUT2D eigenvalue weighted by molar-refractivity contribution is 5.94. The average Bonchev–Trinajstić information content (AvgIpc) is 3.36. The summed E-state index contributed by atoms with van der Waals surface area (Å²) in [5, 5.41) is 8.67. The number of aromatic nitrogens is 2. The number of carbonyl (C=O) groups excluding carboxylic acids is 1. The topological polar surface area (TPSA) is 71.7 Å². The number of likely N-dealkylation sites (tertiary alicyclic amines) is 2. The normalized spacial score (nSPS) is 21.5. The molecule has 0 radical (unpaired) electrons. The number of amides is 1. The number of rotatable bonds is 5. The molecule has 0 saturated carbocycles. The summed E-state index contributed by atoms with van der Waals surface area (Å²) in [6, 6.07) is 7.43. The predicted octanol–water partition coefficient (Wildman–Crippen LogP) is 3.54. The molecule has 0 N–H and O–H groups in total. The van der Waals surface area contributed by atoms with Crippen LogP contribution in [0.5, 0.6) is 5.75 Å². The van der Waals surface area contributed by atoms with Gasteiger partial charge in [0.1, 0.15) is 5.75 Å². The molecule has 2 aliphatic heterocycles. The highest BCUT2D eigenvalue weighted by Crippen LogP contribution is 2.49. The number of benzene rings is 1. The van der Waals surface area contributed by atoms with Crippen molar-refractivity contribution in [1.82, 2.24) is 20.0 Å². The first kappa shape index (κ1) is 20.8. The smallest absolute Gasteiger partial charge is 0.253 e. The monoisotopic (exact) mass is 412 g/mol. The van der Waals surface area contributed by atoms with Crippen LogP contribution in [0.1, 0.15) is 67.6 Å². The fourth-order valence-corrected chi connectivity index (χ4v) is 4.70. The van der Waals surface area contributed by atoms with Gasteiger partial charge >= 0.3 is 0 Å². The molecular formula is C23H32N4O3. The lowest BCUT2D eigenvalue weighted by Crippen LogP contribution is -2.42. The molecule has 1 amide bonds. The van der Waals surface area contributed by atoms with Crippen LogP contribution in [0, 0.1) is 5.41 Å². The van der Waals surface area contributed by atoms with Crippen LogP contribution in [0.15, 0.2) is 28.7 Å². The number of nitrogens with zero attached hydrogens (tertiary/aromatic N) is 4. The highest BCUT2D eigenvalue weighted by atomic mass is 16.5. The van der Waals surface area contributed by atoms with Crippen molar-refractivity contribution in [2.24, 2.45) is 5.41 Å². The van der Waals surface area contributed by atoms with Crippen LogP contribution < -0.4 is 4.74 Å². The molecule has 1 spiro atoms. The van der Waals surface area contributed by atoms with Crippen LogP contribution >= 0.6 is 0 Å². The largest absolute Gasteiger partial charge is 0.494 e. The van der Waals surface area contributed by atoms with Gasteiger partial charge in [0.25, 0.3) is 5.91 Å². The van der Waals surface area contributed by atoms with Crippen LogP contribution in [-0.4, -0.2) is 65.7 Å². The summed E-state index contributed by atoms with van der Waals surface area (Å²) in [7, 11) is 2.16. The van der Waals surface area contributed by atoms with Gasteiger partial charge in [-0.2, -0.15) is 0 Å². The molecule has 2 fully saturated rings. The lowest BCUT2D eigenvalue weighted by atomic mass is 9.71. The summed E-state index contributed by atoms with van der Waals surface area (Å²) >= 11 is 0. The first-order valence-electron chi connectivity index (χ1n) is 11.0. The van der Waals surface area contributed by atoms with Gasteiger partial charge in [-0.1, -0.05) is 13.8 Å². The van der Waals surface area contributed by atoms with Crippen molar-refractivity contribution >= 4 is 5.91 Å². The first-order chi connectivity index (χ1) is 14.4. The van der Waals surface area contributed by atoms with Gasteiger partial charge in [0.05, 0.1) is 12.5 Å². The molecule has 162 valence electrons. The molecule has 0 aliphatic carbocycles. The van der Waals surface area contributed by atoms with Gasteiger partial charge in [0, 0.05) is 30.0 Å². The molecular weight excluding hydrogens is 380 g/mol. The number of carbonyl (C=O) groups is 1. The van der Waals surface area contributed by atoms with Crippen molar-refractivity contribution in [3.8, 4) is 5.75 Å². The zero-order valence-electron chi connectivity index (χ0n) is 18.4. The molecule has 4 rings (SSSR count). The second kappa shape index (κ2) is 8.38. The molecule has 1 aromatic carbocycles. The summed E-state index contributed by atoms with van der Waals surface area (Å²) in [4.78, 5) is 17.6. The van der Waals surface area contributed by atoms with E-state index in [0.717, 1.165) is 38.2 Å². The molecule has 7 heteroatoms. The Hall–Kier alpha value is -2.41. The molecule has 1 aromatic heterocycles. The van der Waals surface area contributed by atoms with E-state index in [2.05, 4.69) is 36.0 Å². The van der Waals surface area contributed by atoms with Crippen LogP contribution in [0.4, 0.5) is 0 Å². The highest BCUT2D eigenvalue weighted by Gasteiger charge is 2.51. The second-order valence-electron chi connectivity index (χ2n) is 8.99. The minimum absolute atomic E-state index is 0.00574. The summed E-state index contributed by atoms with van der Waals surface area (Å²) in [6.07, 6.45) is 2.06. The molecule has 2 aromatic rings. The fraction of sp³-hybridized carbons (Fsp3) is 0.609. The van der Waals surface area contributed by atoms with Crippen LogP contribution in [0.25, 0.3) is 0 Å². The van der Waals surface area contributed by atoms with E-state index in [0.29, 0.717) is 30.5 Å². The number of piperidine rings is 1. The Kier molecular flexibility index (Phi) is 5.82. The van der Waals surface area contributed by atoms with Crippen molar-refractivity contribution in [3.05, 3.63) is 41.6 Å². The van der Waals surface area contributed by atoms with E-state index in [9.17, 15) is 4.79 Å². The second-order valence-corrected chi connectivity index (χ2v) is 8.99. The Bertz CT molecular complexity index is 869. The first-order valence-corrected chi connectivity index (χ1v) is 11.0. The zero-order valence-corrected chi connectivity index (χ0v) is 18.4. The van der Waals surface area contributed by atoms with Crippen LogP contribution in [0.2, 0.25) is 0 Å². The average molecular weight is 413 g/mol. The lowest BCUT2D eigenvalue weighted by molar-refractivity contribution is 0.0727. The maximum Gasteiger partial charge on any atom is 0.253 e. The van der Waals surface area contributed by atoms with Crippen molar-refractivity contribution in [2.75, 3.05) is 39.8 Å². The van der Waals surface area contributed by atoms with Gasteiger partial charge in [-0.15, -0.1) is 10.2 Å². The van der Waals surface area contributed by atoms with E-state index >= 15 is 0 Å². The maximum atomic E-state index is 13.3. The molecule has 3 heterocycles. The van der Waals surface area contributed by atoms with Gasteiger partial charge in [0.15, 0.2) is 0 Å². The Morgan fingerprint density at radius 2 is 1.93 bits per heavy atom. The third kappa shape index (κ3) is 3.95. The van der Waals surface area contributed by atoms with E-state index < -0.39 is 0 Å². The van der Waals surface area contributed by atoms with E-state index in [4.69, 9.17) is 9.15 Å². The minimum Gasteiger partial charge on any atom is -0.494 e. The maximum absolute atomic E-state index is 13.3. The summed E-state index contributed by atoms with van der Waals surface area (Å²) in [6.45, 7) is 10.1. The van der Waals surface area contributed by atoms with Crippen molar-refractivity contribution in [2.45, 2.75) is 45.4 Å². The van der Waals surface area contributed by atoms with Crippen molar-refractivity contribution in [1.29, 1.82) is 0 Å². The molecule has 1 unspecified atom stereocenters. The molecule has 0 bridgehead atoms. The number of hydrogen-bond acceptors (Lipinski definition) is 6. The van der Waals surface area contributed by atoms with E-state index in [1.165, 1.54) is 0 Å². The Morgan fingerprint density at radius 1 is 1.23 bits per heavy atom. The van der Waals surface area contributed by atoms with Gasteiger partial charge in [0.2, 0.25) is 11.8 Å². The van der Waals surface area contributed by atoms with Crippen molar-refractivity contribution < 1.29 is 13.9 Å². The Balaban J connectivity index is 1.58. The molecule has 30 heavy (non-hydrogen) atoms. The summed E-state index contributed by atoms with van der Waals surface area (Å²) in [5.41, 5.74) is 0.685. The summed E-state index contributed by atoms with van der Waals surface area (Å²) < 4.78 is 11.6. The standard InChI is InChI=1S/C23H32N4O3/c1-5-29-18-8-6-17(7-9-18)22(28)27-14-19(21-25-24-20(30-21)16(2)3)23(15-27)10-12-26(4)13-11-23/h6-9,16,19H,5,10-15H2,1-4H3. The zero-order chi connectivity index (χ0) is 21.3. The third-order valence-corrected chi connectivity index (χ3v) is 6.58. The van der Waals surface area contributed by atoms with Gasteiger partial charge < -0.3 is 19.0 Å². The Labute approximate surface area is 178 Å². The van der Waals surface area contributed by atoms with E-state index in [1.54, 1.807) is 0 Å². The van der Waals surface area contributed by atoms with Crippen LogP contribution in [-0.2, 0) is 0 Å². The quantitative estimate of drug-likeness (QED) is 0.748. The fourth-order valence-electron chi connectivity index (χ4n) is 4.70. The minimum atomic E-state index is -0.00574. The van der Waals surface area contributed by atoms with Crippen molar-refractivity contribution in [3.63, 3.8) is 0 Å². The van der Waals surface area contributed by atoms with E-state index in [1.807, 2.05) is 36.1 Å². The number of hydrogen-bond donors (Lipinski definition) is 0. The molecule has 7 nitrogen and oxygen atoms in total. The van der Waals surface area contributed by atoms with Gasteiger partial charge in [-0.25, -0.2) is 0 Å².